The lowest BCUT2D eigenvalue weighted by Crippen LogP contribution is -2.39. The van der Waals surface area contributed by atoms with E-state index in [-0.39, 0.29) is 19.0 Å². The van der Waals surface area contributed by atoms with Crippen LogP contribution in [0, 0.1) is 0 Å². The summed E-state index contributed by atoms with van der Waals surface area (Å²) in [6.07, 6.45) is 13.6. The highest BCUT2D eigenvalue weighted by atomic mass is 35.5. The minimum Gasteiger partial charge on any atom is -0.394 e. The second-order valence-corrected chi connectivity index (χ2v) is 7.35. The number of halogens is 1. The molecule has 24 heavy (non-hydrogen) atoms. The molecule has 0 spiro atoms. The first kappa shape index (κ1) is 23.4. The molecule has 0 aliphatic rings. The van der Waals surface area contributed by atoms with Crippen LogP contribution < -0.4 is 5.73 Å². The summed E-state index contributed by atoms with van der Waals surface area (Å²) in [5.41, 5.74) is 8.42. The van der Waals surface area contributed by atoms with Gasteiger partial charge in [-0.05, 0) is 50.2 Å². The molecule has 0 bridgehead atoms. The standard InChI is InChI=1S/C21H37NO.ClH/c1-3-4-5-6-7-8-11-19-13-15-20(16-14-19)12-9-10-17-21(2,22)18-23;/h13-16,23H,3-12,17-18,22H2,1-2H3;1H. The quantitative estimate of drug-likeness (QED) is 0.463. The number of benzene rings is 1. The first-order valence-corrected chi connectivity index (χ1v) is 9.55. The normalized spacial score (nSPS) is 13.3. The summed E-state index contributed by atoms with van der Waals surface area (Å²) >= 11 is 0. The van der Waals surface area contributed by atoms with Gasteiger partial charge in [0.25, 0.3) is 0 Å². The van der Waals surface area contributed by atoms with E-state index in [1.807, 2.05) is 6.92 Å². The van der Waals surface area contributed by atoms with E-state index in [1.54, 1.807) is 0 Å². The van der Waals surface area contributed by atoms with E-state index in [0.29, 0.717) is 0 Å². The largest absolute Gasteiger partial charge is 0.394 e. The molecule has 1 rings (SSSR count). The lowest BCUT2D eigenvalue weighted by atomic mass is 9.95. The summed E-state index contributed by atoms with van der Waals surface area (Å²) in [6.45, 7) is 4.26. The molecule has 0 saturated carbocycles. The fraction of sp³-hybridized carbons (Fsp3) is 0.714. The predicted octanol–water partition coefficient (Wildman–Crippen LogP) is 5.43. The second kappa shape index (κ2) is 13.7. The zero-order valence-corrected chi connectivity index (χ0v) is 16.5. The predicted molar refractivity (Wildman–Crippen MR) is 108 cm³/mol. The third kappa shape index (κ3) is 11.1. The molecular weight excluding hydrogens is 318 g/mol. The van der Waals surface area contributed by atoms with Crippen LogP contribution >= 0.6 is 12.4 Å². The molecule has 0 aromatic heterocycles. The van der Waals surface area contributed by atoms with Crippen LogP contribution in [-0.4, -0.2) is 17.3 Å². The average Bonchev–Trinajstić information content (AvgIpc) is 2.56. The lowest BCUT2D eigenvalue weighted by molar-refractivity contribution is 0.197. The van der Waals surface area contributed by atoms with Gasteiger partial charge in [-0.15, -0.1) is 12.4 Å². The molecule has 0 fully saturated rings. The maximum Gasteiger partial charge on any atom is 0.0608 e. The van der Waals surface area contributed by atoms with Crippen molar-refractivity contribution in [2.75, 3.05) is 6.61 Å². The van der Waals surface area contributed by atoms with Gasteiger partial charge in [0.1, 0.15) is 0 Å². The average molecular weight is 356 g/mol. The van der Waals surface area contributed by atoms with Gasteiger partial charge in [0.15, 0.2) is 0 Å². The van der Waals surface area contributed by atoms with Crippen LogP contribution in [0.4, 0.5) is 0 Å². The van der Waals surface area contributed by atoms with Crippen molar-refractivity contribution in [3.05, 3.63) is 35.4 Å². The Morgan fingerprint density at radius 1 is 0.833 bits per heavy atom. The van der Waals surface area contributed by atoms with Crippen molar-refractivity contribution in [1.82, 2.24) is 0 Å². The van der Waals surface area contributed by atoms with Crippen LogP contribution in [0.2, 0.25) is 0 Å². The fourth-order valence-electron chi connectivity index (χ4n) is 2.92. The molecule has 1 aromatic rings. The Hall–Kier alpha value is -0.570. The van der Waals surface area contributed by atoms with E-state index < -0.39 is 5.54 Å². The molecule has 1 atom stereocenters. The zero-order chi connectivity index (χ0) is 17.0. The molecule has 1 aromatic carbocycles. The van der Waals surface area contributed by atoms with Crippen LogP contribution in [0.1, 0.15) is 82.8 Å². The van der Waals surface area contributed by atoms with Crippen molar-refractivity contribution >= 4 is 12.4 Å². The van der Waals surface area contributed by atoms with Gasteiger partial charge >= 0.3 is 0 Å². The van der Waals surface area contributed by atoms with E-state index in [2.05, 4.69) is 31.2 Å². The lowest BCUT2D eigenvalue weighted by Gasteiger charge is -2.21. The molecule has 2 nitrogen and oxygen atoms in total. The Bertz CT molecular complexity index is 403. The summed E-state index contributed by atoms with van der Waals surface area (Å²) in [6, 6.07) is 9.14. The minimum atomic E-state index is -0.416. The molecular formula is C21H38ClNO. The molecule has 0 aliphatic carbocycles. The molecule has 3 N–H and O–H groups in total. The zero-order valence-electron chi connectivity index (χ0n) is 15.7. The molecule has 0 heterocycles. The topological polar surface area (TPSA) is 46.2 Å². The Labute approximate surface area is 155 Å². The Morgan fingerprint density at radius 2 is 1.29 bits per heavy atom. The van der Waals surface area contributed by atoms with Crippen molar-refractivity contribution in [2.45, 2.75) is 90.0 Å². The highest BCUT2D eigenvalue weighted by molar-refractivity contribution is 5.85. The summed E-state index contributed by atoms with van der Waals surface area (Å²) in [7, 11) is 0. The van der Waals surface area contributed by atoms with E-state index in [1.165, 1.54) is 56.1 Å². The van der Waals surface area contributed by atoms with Gasteiger partial charge in [-0.25, -0.2) is 0 Å². The third-order valence-corrected chi connectivity index (χ3v) is 4.67. The van der Waals surface area contributed by atoms with Gasteiger partial charge in [-0.3, -0.25) is 0 Å². The molecule has 0 radical (unpaired) electrons. The van der Waals surface area contributed by atoms with E-state index in [0.717, 1.165) is 25.7 Å². The first-order chi connectivity index (χ1) is 11.1. The number of nitrogens with two attached hydrogens (primary N) is 1. The first-order valence-electron chi connectivity index (χ1n) is 9.55. The molecule has 0 aliphatic heterocycles. The van der Waals surface area contributed by atoms with Crippen molar-refractivity contribution in [3.63, 3.8) is 0 Å². The summed E-state index contributed by atoms with van der Waals surface area (Å²) in [5, 5.41) is 9.15. The molecule has 1 unspecified atom stereocenters. The van der Waals surface area contributed by atoms with Gasteiger partial charge in [0, 0.05) is 5.54 Å². The second-order valence-electron chi connectivity index (χ2n) is 7.35. The third-order valence-electron chi connectivity index (χ3n) is 4.67. The molecule has 140 valence electrons. The summed E-state index contributed by atoms with van der Waals surface area (Å²) < 4.78 is 0. The maximum atomic E-state index is 9.15. The van der Waals surface area contributed by atoms with Gasteiger partial charge in [-0.1, -0.05) is 69.7 Å². The Morgan fingerprint density at radius 3 is 1.79 bits per heavy atom. The minimum absolute atomic E-state index is 0. The van der Waals surface area contributed by atoms with E-state index >= 15 is 0 Å². The van der Waals surface area contributed by atoms with Crippen LogP contribution in [0.15, 0.2) is 24.3 Å². The van der Waals surface area contributed by atoms with Crippen molar-refractivity contribution in [3.8, 4) is 0 Å². The number of hydrogen-bond acceptors (Lipinski definition) is 2. The van der Waals surface area contributed by atoms with Crippen LogP contribution in [0.5, 0.6) is 0 Å². The van der Waals surface area contributed by atoms with Gasteiger partial charge in [0.05, 0.1) is 6.61 Å². The van der Waals surface area contributed by atoms with Crippen molar-refractivity contribution in [1.29, 1.82) is 0 Å². The highest BCUT2D eigenvalue weighted by Gasteiger charge is 2.15. The number of hydrogen-bond donors (Lipinski definition) is 2. The molecule has 0 amide bonds. The van der Waals surface area contributed by atoms with E-state index in [9.17, 15) is 0 Å². The van der Waals surface area contributed by atoms with Crippen molar-refractivity contribution < 1.29 is 5.11 Å². The van der Waals surface area contributed by atoms with Gasteiger partial charge < -0.3 is 10.8 Å². The van der Waals surface area contributed by atoms with E-state index in [4.69, 9.17) is 10.8 Å². The van der Waals surface area contributed by atoms with Crippen molar-refractivity contribution in [2.24, 2.45) is 5.73 Å². The maximum absolute atomic E-state index is 9.15. The monoisotopic (exact) mass is 355 g/mol. The number of aliphatic hydroxyl groups excluding tert-OH is 1. The molecule has 0 saturated heterocycles. The fourth-order valence-corrected chi connectivity index (χ4v) is 2.92. The SMILES string of the molecule is CCCCCCCCc1ccc(CCCCC(C)(N)CO)cc1.Cl. The molecule has 3 heteroatoms. The Kier molecular flexibility index (Phi) is 13.4. The highest BCUT2D eigenvalue weighted by Crippen LogP contribution is 2.15. The number of unbranched alkanes of at least 4 members (excludes halogenated alkanes) is 6. The number of aryl methyl sites for hydroxylation is 2. The van der Waals surface area contributed by atoms with Crippen LogP contribution in [-0.2, 0) is 12.8 Å². The van der Waals surface area contributed by atoms with Gasteiger partial charge in [-0.2, -0.15) is 0 Å². The van der Waals surface area contributed by atoms with Crippen LogP contribution in [0.25, 0.3) is 0 Å². The van der Waals surface area contributed by atoms with Crippen LogP contribution in [0.3, 0.4) is 0 Å². The summed E-state index contributed by atoms with van der Waals surface area (Å²) in [4.78, 5) is 0. The number of rotatable bonds is 13. The summed E-state index contributed by atoms with van der Waals surface area (Å²) in [5.74, 6) is 0. The Balaban J connectivity index is 0.00000529. The number of aliphatic hydroxyl groups is 1. The van der Waals surface area contributed by atoms with Gasteiger partial charge in [0.2, 0.25) is 0 Å². The smallest absolute Gasteiger partial charge is 0.0608 e.